The Labute approximate surface area is 91.1 Å². The smallest absolute Gasteiger partial charge is 0.165 e. The summed E-state index contributed by atoms with van der Waals surface area (Å²) in [6.45, 7) is 1.46. The fourth-order valence-corrected chi connectivity index (χ4v) is 1.47. The van der Waals surface area contributed by atoms with Gasteiger partial charge in [0.25, 0.3) is 0 Å². The molecule has 4 heteroatoms. The lowest BCUT2D eigenvalue weighted by Gasteiger charge is -2.10. The van der Waals surface area contributed by atoms with Gasteiger partial charge in [0, 0.05) is 5.56 Å². The molecular weight excluding hydrogens is 214 g/mol. The van der Waals surface area contributed by atoms with Crippen LogP contribution < -0.4 is 0 Å². The van der Waals surface area contributed by atoms with E-state index in [0.29, 0.717) is 0 Å². The van der Waals surface area contributed by atoms with Gasteiger partial charge in [0.15, 0.2) is 11.6 Å². The standard InChI is InChI=1S/C12H10F2O2/c1-7-4-5-8(11(14)10(7)13)12(15)9-3-2-6-16-9/h2-6,12,15H,1H3. The topological polar surface area (TPSA) is 33.4 Å². The number of hydrogen-bond donors (Lipinski definition) is 1. The van der Waals surface area contributed by atoms with Crippen LogP contribution in [0.3, 0.4) is 0 Å². The van der Waals surface area contributed by atoms with Crippen LogP contribution in [0.5, 0.6) is 0 Å². The van der Waals surface area contributed by atoms with Crippen molar-refractivity contribution >= 4 is 0 Å². The third kappa shape index (κ3) is 1.72. The summed E-state index contributed by atoms with van der Waals surface area (Å²) < 4.78 is 31.7. The Morgan fingerprint density at radius 1 is 1.19 bits per heavy atom. The second kappa shape index (κ2) is 4.06. The van der Waals surface area contributed by atoms with Crippen molar-refractivity contribution in [3.63, 3.8) is 0 Å². The SMILES string of the molecule is Cc1ccc(C(O)c2ccco2)c(F)c1F. The number of aliphatic hydroxyl groups is 1. The second-order valence-electron chi connectivity index (χ2n) is 3.52. The lowest BCUT2D eigenvalue weighted by Crippen LogP contribution is -2.04. The van der Waals surface area contributed by atoms with Crippen molar-refractivity contribution < 1.29 is 18.3 Å². The molecule has 0 fully saturated rings. The molecule has 2 aromatic rings. The highest BCUT2D eigenvalue weighted by Crippen LogP contribution is 2.26. The molecule has 0 radical (unpaired) electrons. The Hall–Kier alpha value is -1.68. The van der Waals surface area contributed by atoms with E-state index in [4.69, 9.17) is 4.42 Å². The Bertz CT molecular complexity index is 492. The van der Waals surface area contributed by atoms with E-state index in [1.807, 2.05) is 0 Å². The van der Waals surface area contributed by atoms with Crippen molar-refractivity contribution in [3.05, 3.63) is 59.1 Å². The molecule has 2 rings (SSSR count). The number of benzene rings is 1. The molecule has 2 nitrogen and oxygen atoms in total. The molecule has 1 heterocycles. The van der Waals surface area contributed by atoms with Crippen molar-refractivity contribution in [1.82, 2.24) is 0 Å². The summed E-state index contributed by atoms with van der Waals surface area (Å²) in [5.74, 6) is -1.80. The van der Waals surface area contributed by atoms with Crippen LogP contribution in [0.4, 0.5) is 8.78 Å². The first-order valence-electron chi connectivity index (χ1n) is 4.77. The van der Waals surface area contributed by atoms with Crippen LogP contribution in [0.1, 0.15) is 23.0 Å². The van der Waals surface area contributed by atoms with E-state index in [-0.39, 0.29) is 16.9 Å². The molecule has 1 unspecified atom stereocenters. The monoisotopic (exact) mass is 224 g/mol. The number of aliphatic hydroxyl groups excluding tert-OH is 1. The van der Waals surface area contributed by atoms with E-state index in [1.54, 1.807) is 6.07 Å². The number of aryl methyl sites for hydroxylation is 1. The molecular formula is C12H10F2O2. The number of furan rings is 1. The van der Waals surface area contributed by atoms with E-state index in [0.717, 1.165) is 0 Å². The minimum Gasteiger partial charge on any atom is -0.466 e. The minimum absolute atomic E-state index is 0.127. The van der Waals surface area contributed by atoms with Gasteiger partial charge < -0.3 is 9.52 Å². The number of rotatable bonds is 2. The maximum Gasteiger partial charge on any atom is 0.165 e. The number of hydrogen-bond acceptors (Lipinski definition) is 2. The average molecular weight is 224 g/mol. The second-order valence-corrected chi connectivity index (χ2v) is 3.52. The zero-order chi connectivity index (χ0) is 11.7. The maximum atomic E-state index is 13.5. The van der Waals surface area contributed by atoms with Crippen LogP contribution in [0.15, 0.2) is 34.9 Å². The van der Waals surface area contributed by atoms with Gasteiger partial charge in [-0.3, -0.25) is 0 Å². The first kappa shape index (κ1) is 10.8. The largest absolute Gasteiger partial charge is 0.466 e. The van der Waals surface area contributed by atoms with Gasteiger partial charge in [-0.15, -0.1) is 0 Å². The Kier molecular flexibility index (Phi) is 2.75. The van der Waals surface area contributed by atoms with Crippen LogP contribution in [0, 0.1) is 18.6 Å². The fourth-order valence-electron chi connectivity index (χ4n) is 1.47. The Morgan fingerprint density at radius 2 is 1.94 bits per heavy atom. The highest BCUT2D eigenvalue weighted by molar-refractivity contribution is 5.30. The zero-order valence-corrected chi connectivity index (χ0v) is 8.58. The third-order valence-electron chi connectivity index (χ3n) is 2.41. The summed E-state index contributed by atoms with van der Waals surface area (Å²) in [4.78, 5) is 0. The molecule has 0 aliphatic heterocycles. The predicted octanol–water partition coefficient (Wildman–Crippen LogP) is 2.95. The molecule has 0 aliphatic carbocycles. The summed E-state index contributed by atoms with van der Waals surface area (Å²) in [6, 6.07) is 5.84. The van der Waals surface area contributed by atoms with E-state index in [1.165, 1.54) is 31.4 Å². The molecule has 0 saturated heterocycles. The fraction of sp³-hybridized carbons (Fsp3) is 0.167. The van der Waals surface area contributed by atoms with Crippen molar-refractivity contribution in [2.24, 2.45) is 0 Å². The third-order valence-corrected chi connectivity index (χ3v) is 2.41. The van der Waals surface area contributed by atoms with Crippen LogP contribution in [0.25, 0.3) is 0 Å². The van der Waals surface area contributed by atoms with Gasteiger partial charge in [-0.2, -0.15) is 0 Å². The molecule has 0 spiro atoms. The molecule has 1 aromatic heterocycles. The van der Waals surface area contributed by atoms with Crippen LogP contribution in [0.2, 0.25) is 0 Å². The first-order valence-corrected chi connectivity index (χ1v) is 4.77. The molecule has 16 heavy (non-hydrogen) atoms. The molecule has 0 saturated carbocycles. The lowest BCUT2D eigenvalue weighted by molar-refractivity contribution is 0.183. The summed E-state index contributed by atoms with van der Waals surface area (Å²) in [5, 5.41) is 9.78. The Morgan fingerprint density at radius 3 is 2.56 bits per heavy atom. The molecule has 1 N–H and O–H groups in total. The highest BCUT2D eigenvalue weighted by atomic mass is 19.2. The van der Waals surface area contributed by atoms with Gasteiger partial charge in [0.2, 0.25) is 0 Å². The van der Waals surface area contributed by atoms with Gasteiger partial charge >= 0.3 is 0 Å². The summed E-state index contributed by atoms with van der Waals surface area (Å²) in [6.07, 6.45) is 0.0752. The Balaban J connectivity index is 2.45. The summed E-state index contributed by atoms with van der Waals surface area (Å²) >= 11 is 0. The van der Waals surface area contributed by atoms with Gasteiger partial charge in [0.05, 0.1) is 6.26 Å². The average Bonchev–Trinajstić information content (AvgIpc) is 2.79. The van der Waals surface area contributed by atoms with Crippen molar-refractivity contribution in [2.45, 2.75) is 13.0 Å². The van der Waals surface area contributed by atoms with E-state index >= 15 is 0 Å². The van der Waals surface area contributed by atoms with E-state index < -0.39 is 17.7 Å². The van der Waals surface area contributed by atoms with Crippen molar-refractivity contribution in [2.75, 3.05) is 0 Å². The van der Waals surface area contributed by atoms with Gasteiger partial charge in [0.1, 0.15) is 11.9 Å². The minimum atomic E-state index is -1.29. The molecule has 0 aliphatic rings. The number of halogens is 2. The zero-order valence-electron chi connectivity index (χ0n) is 8.58. The molecule has 84 valence electrons. The first-order chi connectivity index (χ1) is 7.61. The quantitative estimate of drug-likeness (QED) is 0.850. The van der Waals surface area contributed by atoms with Gasteiger partial charge in [-0.1, -0.05) is 12.1 Å². The molecule has 0 amide bonds. The highest BCUT2D eigenvalue weighted by Gasteiger charge is 2.20. The van der Waals surface area contributed by atoms with Crippen molar-refractivity contribution in [3.8, 4) is 0 Å². The van der Waals surface area contributed by atoms with Crippen molar-refractivity contribution in [1.29, 1.82) is 0 Å². The van der Waals surface area contributed by atoms with Crippen LogP contribution in [-0.4, -0.2) is 5.11 Å². The van der Waals surface area contributed by atoms with E-state index in [2.05, 4.69) is 0 Å². The van der Waals surface area contributed by atoms with Gasteiger partial charge in [-0.25, -0.2) is 8.78 Å². The van der Waals surface area contributed by atoms with Crippen LogP contribution >= 0.6 is 0 Å². The maximum absolute atomic E-state index is 13.5. The molecule has 0 bridgehead atoms. The predicted molar refractivity (Wildman–Crippen MR) is 53.9 cm³/mol. The van der Waals surface area contributed by atoms with E-state index in [9.17, 15) is 13.9 Å². The molecule has 1 aromatic carbocycles. The normalized spacial score (nSPS) is 12.8. The molecule has 1 atom stereocenters. The summed E-state index contributed by atoms with van der Waals surface area (Å²) in [5.41, 5.74) is 0.0749. The van der Waals surface area contributed by atoms with Crippen LogP contribution in [-0.2, 0) is 0 Å². The van der Waals surface area contributed by atoms with Gasteiger partial charge in [-0.05, 0) is 24.6 Å². The lowest BCUT2D eigenvalue weighted by atomic mass is 10.0. The summed E-state index contributed by atoms with van der Waals surface area (Å²) in [7, 11) is 0.